The van der Waals surface area contributed by atoms with E-state index in [1.165, 1.54) is 15.6 Å². The van der Waals surface area contributed by atoms with E-state index in [1.54, 1.807) is 30.3 Å². The summed E-state index contributed by atoms with van der Waals surface area (Å²) in [7, 11) is -3.54. The molecule has 29 heavy (non-hydrogen) atoms. The molecule has 1 amide bonds. The van der Waals surface area contributed by atoms with Crippen LogP contribution >= 0.6 is 54.8 Å². The van der Waals surface area contributed by atoms with E-state index in [2.05, 4.69) is 37.2 Å². The van der Waals surface area contributed by atoms with Gasteiger partial charge in [-0.1, -0.05) is 27.5 Å². The van der Waals surface area contributed by atoms with Crippen LogP contribution in [-0.2, 0) is 14.8 Å². The van der Waals surface area contributed by atoms with Crippen molar-refractivity contribution in [3.8, 4) is 0 Å². The van der Waals surface area contributed by atoms with Crippen molar-refractivity contribution in [1.29, 1.82) is 0 Å². The SMILES string of the molecule is O=C(N[C@@H](CO)c1cc(Cl)cc(Br)c1)C1CCN(S(=O)(=O)c2ccc(Br)s2)CC1. The van der Waals surface area contributed by atoms with Gasteiger partial charge in [0.15, 0.2) is 0 Å². The molecular formula is C18H19Br2ClN2O4S2. The van der Waals surface area contributed by atoms with Gasteiger partial charge in [-0.3, -0.25) is 4.79 Å². The third-order valence-electron chi connectivity index (χ3n) is 4.75. The normalized spacial score (nSPS) is 17.2. The van der Waals surface area contributed by atoms with Crippen LogP contribution in [0.5, 0.6) is 0 Å². The minimum Gasteiger partial charge on any atom is -0.394 e. The molecule has 0 radical (unpaired) electrons. The highest BCUT2D eigenvalue weighted by Crippen LogP contribution is 2.31. The zero-order valence-electron chi connectivity index (χ0n) is 15.1. The summed E-state index contributed by atoms with van der Waals surface area (Å²) in [5.41, 5.74) is 0.698. The Balaban J connectivity index is 1.62. The number of nitrogens with one attached hydrogen (secondary N) is 1. The Kier molecular flexibility index (Phi) is 7.80. The molecule has 0 unspecified atom stereocenters. The van der Waals surface area contributed by atoms with Gasteiger partial charge >= 0.3 is 0 Å². The molecule has 2 aromatic rings. The number of sulfonamides is 1. The fourth-order valence-corrected chi connectivity index (χ4v) is 7.74. The molecular weight excluding hydrogens is 568 g/mol. The maximum atomic E-state index is 12.7. The molecule has 1 saturated heterocycles. The van der Waals surface area contributed by atoms with Crippen molar-refractivity contribution in [3.05, 3.63) is 49.2 Å². The third kappa shape index (κ3) is 5.61. The molecule has 1 aromatic carbocycles. The first-order chi connectivity index (χ1) is 13.7. The van der Waals surface area contributed by atoms with E-state index < -0.39 is 16.1 Å². The van der Waals surface area contributed by atoms with Gasteiger partial charge in [-0.05, 0) is 64.7 Å². The standard InChI is InChI=1S/C18H19Br2ClN2O4S2/c19-13-7-12(8-14(21)9-13)15(10-24)22-18(25)11-3-5-23(6-4-11)29(26,27)17-2-1-16(20)28-17/h1-2,7-9,11,15,24H,3-6,10H2,(H,22,25)/t15-/m0/s1. The van der Waals surface area contributed by atoms with Crippen LogP contribution in [0.1, 0.15) is 24.4 Å². The van der Waals surface area contributed by atoms with Gasteiger partial charge in [0.25, 0.3) is 10.0 Å². The van der Waals surface area contributed by atoms with Crippen LogP contribution in [0.2, 0.25) is 5.02 Å². The first-order valence-electron chi connectivity index (χ1n) is 8.83. The Morgan fingerprint density at radius 1 is 1.28 bits per heavy atom. The Bertz CT molecular complexity index is 971. The lowest BCUT2D eigenvalue weighted by Crippen LogP contribution is -2.44. The fourth-order valence-electron chi connectivity index (χ4n) is 3.22. The summed E-state index contributed by atoms with van der Waals surface area (Å²) in [6.45, 7) is 0.296. The zero-order chi connectivity index (χ0) is 21.2. The molecule has 3 rings (SSSR count). The lowest BCUT2D eigenvalue weighted by molar-refractivity contribution is -0.127. The van der Waals surface area contributed by atoms with Crippen LogP contribution in [-0.4, -0.2) is 43.4 Å². The van der Waals surface area contributed by atoms with Crippen molar-refractivity contribution in [3.63, 3.8) is 0 Å². The summed E-state index contributed by atoms with van der Waals surface area (Å²) >= 11 is 13.9. The quantitative estimate of drug-likeness (QED) is 0.532. The summed E-state index contributed by atoms with van der Waals surface area (Å²) in [6, 6.07) is 7.92. The van der Waals surface area contributed by atoms with Crippen LogP contribution in [0, 0.1) is 5.92 Å². The number of benzene rings is 1. The third-order valence-corrected chi connectivity index (χ3v) is 9.42. The fraction of sp³-hybridized carbons (Fsp3) is 0.389. The maximum absolute atomic E-state index is 12.7. The molecule has 1 atom stereocenters. The largest absolute Gasteiger partial charge is 0.394 e. The highest BCUT2D eigenvalue weighted by molar-refractivity contribution is 9.11. The molecule has 2 N–H and O–H groups in total. The summed E-state index contributed by atoms with van der Waals surface area (Å²) < 4.78 is 28.7. The van der Waals surface area contributed by atoms with E-state index in [0.717, 1.165) is 8.26 Å². The molecule has 2 heterocycles. The molecule has 158 valence electrons. The van der Waals surface area contributed by atoms with Gasteiger partial charge < -0.3 is 10.4 Å². The van der Waals surface area contributed by atoms with Gasteiger partial charge in [-0.2, -0.15) is 4.31 Å². The van der Waals surface area contributed by atoms with E-state index in [0.29, 0.717) is 27.6 Å². The molecule has 1 aliphatic heterocycles. The average Bonchev–Trinajstić information content (AvgIpc) is 3.12. The van der Waals surface area contributed by atoms with E-state index in [1.807, 2.05) is 0 Å². The smallest absolute Gasteiger partial charge is 0.252 e. The highest BCUT2D eigenvalue weighted by atomic mass is 79.9. The monoisotopic (exact) mass is 584 g/mol. The van der Waals surface area contributed by atoms with Crippen molar-refractivity contribution >= 4 is 70.7 Å². The zero-order valence-corrected chi connectivity index (χ0v) is 20.7. The minimum atomic E-state index is -3.54. The van der Waals surface area contributed by atoms with Crippen LogP contribution in [0.4, 0.5) is 0 Å². The van der Waals surface area contributed by atoms with Crippen molar-refractivity contribution in [1.82, 2.24) is 9.62 Å². The minimum absolute atomic E-state index is 0.198. The molecule has 1 aromatic heterocycles. The molecule has 1 aliphatic rings. The van der Waals surface area contributed by atoms with Crippen molar-refractivity contribution in [2.24, 2.45) is 5.92 Å². The van der Waals surface area contributed by atoms with Crippen LogP contribution in [0.15, 0.2) is 42.8 Å². The Morgan fingerprint density at radius 2 is 1.97 bits per heavy atom. The van der Waals surface area contributed by atoms with Crippen LogP contribution < -0.4 is 5.32 Å². The highest BCUT2D eigenvalue weighted by Gasteiger charge is 2.33. The molecule has 0 bridgehead atoms. The number of piperidine rings is 1. The number of amides is 1. The molecule has 0 saturated carbocycles. The van der Waals surface area contributed by atoms with Crippen molar-refractivity contribution in [2.45, 2.75) is 23.1 Å². The summed E-state index contributed by atoms with van der Waals surface area (Å²) in [6.07, 6.45) is 0.851. The topological polar surface area (TPSA) is 86.7 Å². The van der Waals surface area contributed by atoms with E-state index >= 15 is 0 Å². The second-order valence-electron chi connectivity index (χ2n) is 6.68. The summed E-state index contributed by atoms with van der Waals surface area (Å²) in [5, 5.41) is 13.1. The average molecular weight is 587 g/mol. The lowest BCUT2D eigenvalue weighted by Gasteiger charge is -2.31. The molecule has 0 spiro atoms. The van der Waals surface area contributed by atoms with Gasteiger partial charge in [-0.15, -0.1) is 11.3 Å². The Labute approximate surface area is 195 Å². The van der Waals surface area contributed by atoms with Crippen LogP contribution in [0.25, 0.3) is 0 Å². The number of carbonyl (C=O) groups is 1. The van der Waals surface area contributed by atoms with Gasteiger partial charge in [-0.25, -0.2) is 8.42 Å². The number of hydrogen-bond donors (Lipinski definition) is 2. The number of thiophene rings is 1. The first-order valence-corrected chi connectivity index (χ1v) is 13.1. The predicted octanol–water partition coefficient (Wildman–Crippen LogP) is 4.18. The van der Waals surface area contributed by atoms with Gasteiger partial charge in [0.2, 0.25) is 5.91 Å². The number of aliphatic hydroxyl groups excluding tert-OH is 1. The molecule has 1 fully saturated rings. The predicted molar refractivity (Wildman–Crippen MR) is 121 cm³/mol. The number of carbonyl (C=O) groups excluding carboxylic acids is 1. The van der Waals surface area contributed by atoms with Crippen molar-refractivity contribution < 1.29 is 18.3 Å². The number of nitrogens with zero attached hydrogens (tertiary/aromatic N) is 1. The Hall–Kier alpha value is -0.490. The number of halogens is 3. The second-order valence-corrected chi connectivity index (χ2v) is 12.7. The summed E-state index contributed by atoms with van der Waals surface area (Å²) in [4.78, 5) is 12.7. The van der Waals surface area contributed by atoms with Gasteiger partial charge in [0.1, 0.15) is 4.21 Å². The lowest BCUT2D eigenvalue weighted by atomic mass is 9.96. The van der Waals surface area contributed by atoms with Crippen molar-refractivity contribution in [2.75, 3.05) is 19.7 Å². The number of rotatable bonds is 6. The van der Waals surface area contributed by atoms with E-state index in [-0.39, 0.29) is 31.5 Å². The maximum Gasteiger partial charge on any atom is 0.252 e. The molecule has 6 nitrogen and oxygen atoms in total. The van der Waals surface area contributed by atoms with E-state index in [9.17, 15) is 18.3 Å². The number of hydrogen-bond acceptors (Lipinski definition) is 5. The second kappa shape index (κ2) is 9.76. The van der Waals surface area contributed by atoms with E-state index in [4.69, 9.17) is 11.6 Å². The Morgan fingerprint density at radius 3 is 2.52 bits per heavy atom. The molecule has 11 heteroatoms. The van der Waals surface area contributed by atoms with Crippen LogP contribution in [0.3, 0.4) is 0 Å². The first kappa shape index (κ1) is 23.2. The summed E-state index contributed by atoms with van der Waals surface area (Å²) in [5.74, 6) is -0.510. The van der Waals surface area contributed by atoms with Gasteiger partial charge in [0.05, 0.1) is 16.4 Å². The number of aliphatic hydroxyl groups is 1. The van der Waals surface area contributed by atoms with Gasteiger partial charge in [0, 0.05) is 28.5 Å². The molecule has 0 aliphatic carbocycles.